The monoisotopic (exact) mass is 455 g/mol. The van der Waals surface area contributed by atoms with Gasteiger partial charge in [-0.3, -0.25) is 0 Å². The van der Waals surface area contributed by atoms with Gasteiger partial charge in [0.15, 0.2) is 0 Å². The van der Waals surface area contributed by atoms with Crippen molar-refractivity contribution >= 4 is 33.7 Å². The Morgan fingerprint density at radius 3 is 2.36 bits per heavy atom. The van der Waals surface area contributed by atoms with Crippen molar-refractivity contribution in [1.82, 2.24) is 5.32 Å². The molecule has 1 heterocycles. The van der Waals surface area contributed by atoms with E-state index in [-0.39, 0.29) is 0 Å². The number of nitrogens with one attached hydrogen (secondary N) is 1. The van der Waals surface area contributed by atoms with Gasteiger partial charge in [0.05, 0.1) is 0 Å². The van der Waals surface area contributed by atoms with Crippen LogP contribution < -0.4 is 16.0 Å². The maximum absolute atomic E-state index is 6.20. The maximum Gasteiger partial charge on any atom is 0.0429 e. The van der Waals surface area contributed by atoms with E-state index in [9.17, 15) is 0 Å². The van der Waals surface area contributed by atoms with Gasteiger partial charge in [0.1, 0.15) is 0 Å². The zero-order valence-electron chi connectivity index (χ0n) is 18.8. The van der Waals surface area contributed by atoms with Crippen LogP contribution in [0.1, 0.15) is 11.1 Å². The van der Waals surface area contributed by atoms with Gasteiger partial charge in [-0.05, 0) is 95.7 Å². The summed E-state index contributed by atoms with van der Waals surface area (Å²) in [6.45, 7) is 3.97. The Morgan fingerprint density at radius 2 is 1.55 bits per heavy atom. The molecule has 168 valence electrons. The SMILES string of the molecule is Nc1ccc2ccc(CN(C[C@H]3CNC[C@@H]3Cc3ccccc3)c3ccc(Cl)cc3)cc2c1. The number of hydrogen-bond donors (Lipinski definition) is 2. The molecule has 4 aromatic rings. The summed E-state index contributed by atoms with van der Waals surface area (Å²) in [6.07, 6.45) is 1.11. The Labute approximate surface area is 201 Å². The number of anilines is 2. The summed E-state index contributed by atoms with van der Waals surface area (Å²) >= 11 is 6.20. The minimum Gasteiger partial charge on any atom is -0.399 e. The zero-order valence-corrected chi connectivity index (χ0v) is 19.5. The minimum absolute atomic E-state index is 0.581. The number of hydrogen-bond acceptors (Lipinski definition) is 3. The van der Waals surface area contributed by atoms with Gasteiger partial charge in [-0.15, -0.1) is 0 Å². The summed E-state index contributed by atoms with van der Waals surface area (Å²) in [5.41, 5.74) is 10.7. The van der Waals surface area contributed by atoms with Crippen molar-refractivity contribution in [3.63, 3.8) is 0 Å². The fourth-order valence-corrected chi connectivity index (χ4v) is 5.11. The number of benzene rings is 4. The molecule has 0 amide bonds. The molecule has 0 aromatic heterocycles. The lowest BCUT2D eigenvalue weighted by Crippen LogP contribution is -2.33. The smallest absolute Gasteiger partial charge is 0.0429 e. The van der Waals surface area contributed by atoms with Crippen molar-refractivity contribution in [3.05, 3.63) is 107 Å². The van der Waals surface area contributed by atoms with E-state index in [4.69, 9.17) is 17.3 Å². The molecule has 0 aliphatic carbocycles. The molecule has 2 atom stereocenters. The average Bonchev–Trinajstić information content (AvgIpc) is 3.26. The van der Waals surface area contributed by atoms with E-state index in [1.54, 1.807) is 0 Å². The Kier molecular flexibility index (Phi) is 6.52. The lowest BCUT2D eigenvalue weighted by Gasteiger charge is -2.30. The molecular weight excluding hydrogens is 426 g/mol. The Balaban J connectivity index is 1.39. The standard InChI is InChI=1S/C29H30ClN3/c30-27-9-12-29(13-10-27)33(19-22-6-7-23-8-11-28(31)16-24(23)15-22)20-26-18-32-17-25(26)14-21-4-2-1-3-5-21/h1-13,15-16,25-26,32H,14,17-20,31H2/t25-,26+/m0/s1. The molecule has 0 unspecified atom stereocenters. The van der Waals surface area contributed by atoms with Crippen LogP contribution in [0.3, 0.4) is 0 Å². The van der Waals surface area contributed by atoms with Crippen LogP contribution in [0.2, 0.25) is 5.02 Å². The molecule has 1 fully saturated rings. The van der Waals surface area contributed by atoms with Gasteiger partial charge in [0.2, 0.25) is 0 Å². The van der Waals surface area contributed by atoms with Crippen LogP contribution in [0, 0.1) is 11.8 Å². The van der Waals surface area contributed by atoms with E-state index in [1.807, 2.05) is 18.2 Å². The summed E-state index contributed by atoms with van der Waals surface area (Å²) in [5.74, 6) is 1.20. The highest BCUT2D eigenvalue weighted by molar-refractivity contribution is 6.30. The van der Waals surface area contributed by atoms with Crippen LogP contribution in [0.25, 0.3) is 10.8 Å². The predicted molar refractivity (Wildman–Crippen MR) is 141 cm³/mol. The lowest BCUT2D eigenvalue weighted by molar-refractivity contribution is 0.413. The summed E-state index contributed by atoms with van der Waals surface area (Å²) in [6, 6.07) is 31.9. The van der Waals surface area contributed by atoms with Crippen LogP contribution in [0.4, 0.5) is 11.4 Å². The van der Waals surface area contributed by atoms with Gasteiger partial charge in [0.25, 0.3) is 0 Å². The summed E-state index contributed by atoms with van der Waals surface area (Å²) in [4.78, 5) is 2.50. The van der Waals surface area contributed by atoms with Crippen LogP contribution >= 0.6 is 11.6 Å². The quantitative estimate of drug-likeness (QED) is 0.328. The number of nitrogens with zero attached hydrogens (tertiary/aromatic N) is 1. The van der Waals surface area contributed by atoms with E-state index in [1.165, 1.54) is 27.6 Å². The van der Waals surface area contributed by atoms with E-state index in [2.05, 4.69) is 83.0 Å². The second kappa shape index (κ2) is 9.86. The van der Waals surface area contributed by atoms with Crippen molar-refractivity contribution in [2.75, 3.05) is 30.3 Å². The second-order valence-corrected chi connectivity index (χ2v) is 9.60. The van der Waals surface area contributed by atoms with Crippen LogP contribution in [0.5, 0.6) is 0 Å². The molecule has 33 heavy (non-hydrogen) atoms. The Hall–Kier alpha value is -3.01. The molecule has 1 aliphatic heterocycles. The maximum atomic E-state index is 6.20. The molecule has 5 rings (SSSR count). The molecule has 3 nitrogen and oxygen atoms in total. The molecule has 1 aliphatic rings. The van der Waals surface area contributed by atoms with Crippen molar-refractivity contribution in [2.45, 2.75) is 13.0 Å². The van der Waals surface area contributed by atoms with Crippen molar-refractivity contribution in [1.29, 1.82) is 0 Å². The molecule has 0 bridgehead atoms. The largest absolute Gasteiger partial charge is 0.399 e. The first-order valence-electron chi connectivity index (χ1n) is 11.7. The number of halogens is 1. The normalized spacial score (nSPS) is 18.0. The zero-order chi connectivity index (χ0) is 22.6. The van der Waals surface area contributed by atoms with E-state index in [0.29, 0.717) is 11.8 Å². The van der Waals surface area contributed by atoms with Crippen molar-refractivity contribution in [2.24, 2.45) is 11.8 Å². The van der Waals surface area contributed by atoms with Crippen LogP contribution in [-0.4, -0.2) is 19.6 Å². The van der Waals surface area contributed by atoms with Gasteiger partial charge in [-0.1, -0.05) is 60.1 Å². The third-order valence-electron chi connectivity index (χ3n) is 6.77. The van der Waals surface area contributed by atoms with Gasteiger partial charge < -0.3 is 16.0 Å². The lowest BCUT2D eigenvalue weighted by atomic mass is 9.89. The first kappa shape index (κ1) is 21.8. The molecule has 1 saturated heterocycles. The van der Waals surface area contributed by atoms with Gasteiger partial charge in [0, 0.05) is 29.5 Å². The van der Waals surface area contributed by atoms with E-state index >= 15 is 0 Å². The molecular formula is C29H30ClN3. The summed E-state index contributed by atoms with van der Waals surface area (Å²) < 4.78 is 0. The van der Waals surface area contributed by atoms with E-state index < -0.39 is 0 Å². The molecule has 0 radical (unpaired) electrons. The van der Waals surface area contributed by atoms with Gasteiger partial charge >= 0.3 is 0 Å². The van der Waals surface area contributed by atoms with Gasteiger partial charge in [-0.2, -0.15) is 0 Å². The molecule has 4 aromatic carbocycles. The Bertz CT molecular complexity index is 1210. The number of nitrogens with two attached hydrogens (primary N) is 1. The number of rotatable bonds is 7. The fraction of sp³-hybridized carbons (Fsp3) is 0.241. The minimum atomic E-state index is 0.581. The second-order valence-electron chi connectivity index (χ2n) is 9.17. The first-order chi connectivity index (χ1) is 16.1. The molecule has 3 N–H and O–H groups in total. The number of nitrogen functional groups attached to an aromatic ring is 1. The highest BCUT2D eigenvalue weighted by atomic mass is 35.5. The third-order valence-corrected chi connectivity index (χ3v) is 7.02. The van der Waals surface area contributed by atoms with Gasteiger partial charge in [-0.25, -0.2) is 0 Å². The fourth-order valence-electron chi connectivity index (χ4n) is 4.99. The predicted octanol–water partition coefficient (Wildman–Crippen LogP) is 6.16. The summed E-state index contributed by atoms with van der Waals surface area (Å²) in [5, 5.41) is 6.81. The average molecular weight is 456 g/mol. The molecule has 0 spiro atoms. The van der Waals surface area contributed by atoms with Crippen molar-refractivity contribution < 1.29 is 0 Å². The molecule has 0 saturated carbocycles. The van der Waals surface area contributed by atoms with Crippen LogP contribution in [0.15, 0.2) is 91.0 Å². The van der Waals surface area contributed by atoms with Crippen LogP contribution in [-0.2, 0) is 13.0 Å². The highest BCUT2D eigenvalue weighted by Crippen LogP contribution is 2.28. The summed E-state index contributed by atoms with van der Waals surface area (Å²) in [7, 11) is 0. The Morgan fingerprint density at radius 1 is 0.788 bits per heavy atom. The number of fused-ring (bicyclic) bond motifs is 1. The highest BCUT2D eigenvalue weighted by Gasteiger charge is 2.29. The van der Waals surface area contributed by atoms with E-state index in [0.717, 1.165) is 43.3 Å². The first-order valence-corrected chi connectivity index (χ1v) is 12.1. The molecule has 4 heteroatoms. The topological polar surface area (TPSA) is 41.3 Å². The third kappa shape index (κ3) is 5.32. The van der Waals surface area contributed by atoms with Crippen molar-refractivity contribution in [3.8, 4) is 0 Å².